The molecule has 8 heteroatoms. The third-order valence-corrected chi connectivity index (χ3v) is 7.73. The number of sulfonamides is 1. The maximum atomic E-state index is 13.9. The molecule has 40 heavy (non-hydrogen) atoms. The number of hydrogen-bond donors (Lipinski definition) is 0. The standard InChI is InChI=1S/C32H31N3O4S/c1-3-39-32(36)19-12-24-34(40(37,38)30-22-20-26(2)21-23-30)31-18-11-10-13-27(31)25-33-35(28-14-6-4-7-15-28)29-16-8-5-9-17-29/h4-23,25H,3,24H2,1-2H3/b19-12+,33-25+. The summed E-state index contributed by atoms with van der Waals surface area (Å²) in [5.74, 6) is -0.536. The quantitative estimate of drug-likeness (QED) is 0.0919. The lowest BCUT2D eigenvalue weighted by Gasteiger charge is -2.25. The minimum absolute atomic E-state index is 0.0824. The molecule has 0 aliphatic heterocycles. The summed E-state index contributed by atoms with van der Waals surface area (Å²) in [7, 11) is -3.99. The second-order valence-corrected chi connectivity index (χ2v) is 10.7. The van der Waals surface area contributed by atoms with Gasteiger partial charge in [0.2, 0.25) is 0 Å². The van der Waals surface area contributed by atoms with E-state index in [1.165, 1.54) is 16.5 Å². The zero-order valence-corrected chi connectivity index (χ0v) is 23.2. The zero-order chi connectivity index (χ0) is 28.4. The lowest BCUT2D eigenvalue weighted by atomic mass is 10.2. The molecule has 7 nitrogen and oxygen atoms in total. The maximum absolute atomic E-state index is 13.9. The molecule has 0 N–H and O–H groups in total. The summed E-state index contributed by atoms with van der Waals surface area (Å²) in [6, 6.07) is 33.2. The minimum atomic E-state index is -3.99. The zero-order valence-electron chi connectivity index (χ0n) is 22.4. The SMILES string of the molecule is CCOC(=O)/C=C/CN(c1ccccc1/C=N/N(c1ccccc1)c1ccccc1)S(=O)(=O)c1ccc(C)cc1. The highest BCUT2D eigenvalue weighted by molar-refractivity contribution is 7.92. The topological polar surface area (TPSA) is 79.3 Å². The summed E-state index contributed by atoms with van der Waals surface area (Å²) in [5, 5.41) is 6.56. The summed E-state index contributed by atoms with van der Waals surface area (Å²) in [6.07, 6.45) is 4.37. The van der Waals surface area contributed by atoms with E-state index in [0.29, 0.717) is 11.3 Å². The first-order chi connectivity index (χ1) is 19.4. The number of aryl methyl sites for hydroxylation is 1. The number of carbonyl (C=O) groups excluding carboxylic acids is 1. The Morgan fingerprint density at radius 2 is 1.40 bits per heavy atom. The molecule has 0 aliphatic rings. The summed E-state index contributed by atoms with van der Waals surface area (Å²) < 4.78 is 34.0. The van der Waals surface area contributed by atoms with Crippen LogP contribution in [0.5, 0.6) is 0 Å². The van der Waals surface area contributed by atoms with E-state index in [1.54, 1.807) is 60.6 Å². The van der Waals surface area contributed by atoms with Crippen LogP contribution in [-0.4, -0.2) is 33.8 Å². The Kier molecular flexibility index (Phi) is 9.48. The summed E-state index contributed by atoms with van der Waals surface area (Å²) in [6.45, 7) is 3.75. The van der Waals surface area contributed by atoms with Crippen molar-refractivity contribution in [3.05, 3.63) is 132 Å². The van der Waals surface area contributed by atoms with Crippen LogP contribution >= 0.6 is 0 Å². The van der Waals surface area contributed by atoms with Crippen LogP contribution < -0.4 is 9.31 Å². The summed E-state index contributed by atoms with van der Waals surface area (Å²) in [5.41, 5.74) is 3.65. The molecule has 0 spiro atoms. The van der Waals surface area contributed by atoms with Gasteiger partial charge in [-0.05, 0) is 56.3 Å². The molecule has 0 heterocycles. The number of anilines is 3. The van der Waals surface area contributed by atoms with E-state index in [0.717, 1.165) is 16.9 Å². The molecule has 0 unspecified atom stereocenters. The molecule has 0 fully saturated rings. The number of esters is 1. The molecule has 0 amide bonds. The fourth-order valence-electron chi connectivity index (χ4n) is 3.96. The van der Waals surface area contributed by atoms with Gasteiger partial charge in [0, 0.05) is 11.6 Å². The lowest BCUT2D eigenvalue weighted by molar-refractivity contribution is -0.137. The summed E-state index contributed by atoms with van der Waals surface area (Å²) >= 11 is 0. The minimum Gasteiger partial charge on any atom is -0.463 e. The first kappa shape index (κ1) is 28.3. The van der Waals surface area contributed by atoms with Gasteiger partial charge in [0.1, 0.15) is 0 Å². The fourth-order valence-corrected chi connectivity index (χ4v) is 5.41. The molecule has 0 radical (unpaired) electrons. The maximum Gasteiger partial charge on any atom is 0.330 e. The molecule has 4 aromatic carbocycles. The average molecular weight is 554 g/mol. The van der Waals surface area contributed by atoms with E-state index in [9.17, 15) is 13.2 Å². The third kappa shape index (κ3) is 7.03. The fraction of sp³-hybridized carbons (Fsp3) is 0.125. The Labute approximate surface area is 235 Å². The summed E-state index contributed by atoms with van der Waals surface area (Å²) in [4.78, 5) is 12.1. The first-order valence-electron chi connectivity index (χ1n) is 12.9. The number of hydrazone groups is 1. The highest BCUT2D eigenvalue weighted by Gasteiger charge is 2.26. The van der Waals surface area contributed by atoms with Crippen LogP contribution in [-0.2, 0) is 19.6 Å². The van der Waals surface area contributed by atoms with E-state index < -0.39 is 16.0 Å². The van der Waals surface area contributed by atoms with Crippen molar-refractivity contribution in [1.29, 1.82) is 0 Å². The van der Waals surface area contributed by atoms with E-state index in [-0.39, 0.29) is 18.0 Å². The molecule has 204 valence electrons. The Bertz CT molecular complexity index is 1530. The molecule has 0 aromatic heterocycles. The molecule has 4 aromatic rings. The van der Waals surface area contributed by atoms with E-state index in [2.05, 4.69) is 0 Å². The van der Waals surface area contributed by atoms with Crippen molar-refractivity contribution >= 4 is 39.3 Å². The Hall–Kier alpha value is -4.69. The van der Waals surface area contributed by atoms with Crippen LogP contribution in [0.4, 0.5) is 17.1 Å². The van der Waals surface area contributed by atoms with Gasteiger partial charge in [0.15, 0.2) is 0 Å². The molecule has 0 saturated carbocycles. The second-order valence-electron chi connectivity index (χ2n) is 8.79. The van der Waals surface area contributed by atoms with Crippen LogP contribution in [0.2, 0.25) is 0 Å². The normalized spacial score (nSPS) is 11.6. The highest BCUT2D eigenvalue weighted by atomic mass is 32.2. The van der Waals surface area contributed by atoms with Crippen LogP contribution in [0.1, 0.15) is 18.1 Å². The van der Waals surface area contributed by atoms with Gasteiger partial charge in [-0.25, -0.2) is 18.2 Å². The van der Waals surface area contributed by atoms with Crippen molar-refractivity contribution < 1.29 is 17.9 Å². The molecular formula is C32H31N3O4S. The molecule has 0 saturated heterocycles. The number of nitrogens with zero attached hydrogens (tertiary/aromatic N) is 3. The van der Waals surface area contributed by atoms with Crippen molar-refractivity contribution in [2.75, 3.05) is 22.5 Å². The third-order valence-electron chi connectivity index (χ3n) is 5.94. The second kappa shape index (κ2) is 13.4. The Morgan fingerprint density at radius 1 is 0.825 bits per heavy atom. The predicted octanol–water partition coefficient (Wildman–Crippen LogP) is 6.48. The van der Waals surface area contributed by atoms with Gasteiger partial charge in [0.25, 0.3) is 10.0 Å². The van der Waals surface area contributed by atoms with Gasteiger partial charge in [-0.15, -0.1) is 0 Å². The molecule has 0 aliphatic carbocycles. The predicted molar refractivity (Wildman–Crippen MR) is 161 cm³/mol. The first-order valence-corrected chi connectivity index (χ1v) is 14.3. The van der Waals surface area contributed by atoms with Gasteiger partial charge < -0.3 is 4.74 Å². The monoisotopic (exact) mass is 553 g/mol. The van der Waals surface area contributed by atoms with Gasteiger partial charge in [0.05, 0.1) is 41.3 Å². The number of benzene rings is 4. The van der Waals surface area contributed by atoms with Crippen molar-refractivity contribution in [2.45, 2.75) is 18.7 Å². The van der Waals surface area contributed by atoms with Crippen molar-refractivity contribution in [1.82, 2.24) is 0 Å². The number of para-hydroxylation sites is 3. The van der Waals surface area contributed by atoms with E-state index >= 15 is 0 Å². The van der Waals surface area contributed by atoms with Crippen LogP contribution in [0.15, 0.2) is 131 Å². The Morgan fingerprint density at radius 3 is 2.00 bits per heavy atom. The van der Waals surface area contributed by atoms with Crippen molar-refractivity contribution in [3.8, 4) is 0 Å². The lowest BCUT2D eigenvalue weighted by Crippen LogP contribution is -2.32. The number of carbonyl (C=O) groups is 1. The van der Waals surface area contributed by atoms with Crippen molar-refractivity contribution in [2.24, 2.45) is 5.10 Å². The van der Waals surface area contributed by atoms with Gasteiger partial charge >= 0.3 is 5.97 Å². The molecule has 0 bridgehead atoms. The van der Waals surface area contributed by atoms with Crippen molar-refractivity contribution in [3.63, 3.8) is 0 Å². The molecular weight excluding hydrogens is 522 g/mol. The van der Waals surface area contributed by atoms with Gasteiger partial charge in [-0.2, -0.15) is 5.10 Å². The van der Waals surface area contributed by atoms with Crippen LogP contribution in [0.25, 0.3) is 0 Å². The highest BCUT2D eigenvalue weighted by Crippen LogP contribution is 2.29. The van der Waals surface area contributed by atoms with Gasteiger partial charge in [-0.1, -0.05) is 78.4 Å². The molecule has 0 atom stereocenters. The van der Waals surface area contributed by atoms with Crippen LogP contribution in [0, 0.1) is 6.92 Å². The number of rotatable bonds is 11. The largest absolute Gasteiger partial charge is 0.463 e. The van der Waals surface area contributed by atoms with E-state index in [1.807, 2.05) is 73.7 Å². The Balaban J connectivity index is 1.77. The number of ether oxygens (including phenoxy) is 1. The molecule has 4 rings (SSSR count). The van der Waals surface area contributed by atoms with Gasteiger partial charge in [-0.3, -0.25) is 4.31 Å². The van der Waals surface area contributed by atoms with Crippen LogP contribution in [0.3, 0.4) is 0 Å². The number of hydrogen-bond acceptors (Lipinski definition) is 6. The van der Waals surface area contributed by atoms with E-state index in [4.69, 9.17) is 9.84 Å². The average Bonchev–Trinajstić information content (AvgIpc) is 2.97. The smallest absolute Gasteiger partial charge is 0.330 e.